The number of tetrazole rings is 1. The van der Waals surface area contributed by atoms with Crippen LogP contribution in [0.2, 0.25) is 0 Å². The summed E-state index contributed by atoms with van der Waals surface area (Å²) in [6, 6.07) is 18.8. The van der Waals surface area contributed by atoms with Crippen LogP contribution in [-0.4, -0.2) is 31.7 Å². The first-order chi connectivity index (χ1) is 12.7. The molecule has 3 aromatic rings. The number of Topliss-reactive ketones (excluding diaryl/α,β-unsaturated/α-hetero) is 1. The molecule has 0 radical (unpaired) electrons. The molecule has 1 atom stereocenters. The van der Waals surface area contributed by atoms with Crippen LogP contribution >= 0.6 is 11.8 Å². The van der Waals surface area contributed by atoms with Gasteiger partial charge in [0.25, 0.3) is 0 Å². The van der Waals surface area contributed by atoms with Gasteiger partial charge in [-0.05, 0) is 40.5 Å². The Balaban J connectivity index is 1.58. The zero-order valence-corrected chi connectivity index (χ0v) is 14.8. The van der Waals surface area contributed by atoms with Gasteiger partial charge in [-0.3, -0.25) is 9.79 Å². The topological polar surface area (TPSA) is 73.0 Å². The van der Waals surface area contributed by atoms with E-state index in [4.69, 9.17) is 0 Å². The van der Waals surface area contributed by atoms with Crippen LogP contribution in [0.15, 0.2) is 81.8 Å². The first-order valence-electron chi connectivity index (χ1n) is 8.08. The fraction of sp³-hybridized carbons (Fsp3) is 0.105. The molecule has 2 aromatic carbocycles. The second-order valence-corrected chi connectivity index (χ2v) is 6.59. The summed E-state index contributed by atoms with van der Waals surface area (Å²) in [6.45, 7) is 1.85. The molecule has 1 aromatic heterocycles. The molecular formula is C19H15N5OS. The van der Waals surface area contributed by atoms with Crippen molar-refractivity contribution in [1.29, 1.82) is 0 Å². The molecule has 7 heteroatoms. The molecule has 6 nitrogen and oxygen atoms in total. The van der Waals surface area contributed by atoms with E-state index in [9.17, 15) is 4.79 Å². The van der Waals surface area contributed by atoms with Gasteiger partial charge in [-0.25, -0.2) is 0 Å². The van der Waals surface area contributed by atoms with E-state index in [-0.39, 0.29) is 5.78 Å². The van der Waals surface area contributed by atoms with Gasteiger partial charge >= 0.3 is 0 Å². The van der Waals surface area contributed by atoms with Crippen molar-refractivity contribution in [2.75, 3.05) is 0 Å². The fourth-order valence-corrected chi connectivity index (χ4v) is 3.58. The van der Waals surface area contributed by atoms with E-state index in [1.54, 1.807) is 10.1 Å². The van der Waals surface area contributed by atoms with Crippen LogP contribution in [0, 0.1) is 0 Å². The van der Waals surface area contributed by atoms with E-state index >= 15 is 0 Å². The molecule has 26 heavy (non-hydrogen) atoms. The minimum atomic E-state index is -0.465. The number of para-hydroxylation sites is 1. The lowest BCUT2D eigenvalue weighted by atomic mass is 10.0. The van der Waals surface area contributed by atoms with Gasteiger partial charge in [-0.1, -0.05) is 60.3 Å². The minimum Gasteiger partial charge on any atom is -0.291 e. The van der Waals surface area contributed by atoms with Crippen LogP contribution in [0.4, 0.5) is 0 Å². The van der Waals surface area contributed by atoms with E-state index in [0.29, 0.717) is 10.7 Å². The van der Waals surface area contributed by atoms with Crippen LogP contribution in [-0.2, 0) is 4.79 Å². The maximum atomic E-state index is 12.8. The average Bonchev–Trinajstić information content (AvgIpc) is 3.26. The first kappa shape index (κ1) is 16.4. The molecule has 4 rings (SSSR count). The van der Waals surface area contributed by atoms with Crippen LogP contribution in [0.1, 0.15) is 18.5 Å². The normalized spacial score (nSPS) is 18.3. The van der Waals surface area contributed by atoms with Crippen molar-refractivity contribution in [3.05, 3.63) is 77.2 Å². The Morgan fingerprint density at radius 2 is 1.73 bits per heavy atom. The Labute approximate surface area is 154 Å². The predicted octanol–water partition coefficient (Wildman–Crippen LogP) is 3.42. The van der Waals surface area contributed by atoms with Gasteiger partial charge in [0, 0.05) is 11.3 Å². The number of benzene rings is 2. The van der Waals surface area contributed by atoms with Crippen LogP contribution in [0.3, 0.4) is 0 Å². The molecule has 0 spiro atoms. The third-order valence-corrected chi connectivity index (χ3v) is 4.88. The number of aliphatic imine (C=N–C) groups is 1. The Bertz CT molecular complexity index is 995. The smallest absolute Gasteiger partial charge is 0.218 e. The second kappa shape index (κ2) is 7.05. The molecule has 0 saturated heterocycles. The van der Waals surface area contributed by atoms with Crippen LogP contribution < -0.4 is 0 Å². The van der Waals surface area contributed by atoms with Crippen molar-refractivity contribution in [3.63, 3.8) is 0 Å². The number of carbonyl (C=O) groups is 1. The molecule has 0 fully saturated rings. The van der Waals surface area contributed by atoms with Gasteiger partial charge in [0.1, 0.15) is 6.04 Å². The standard InChI is InChI=1S/C19H15N5OS/c1-13-16(18(25)17(20-13)14-8-4-2-5-9-14)12-26-19-21-22-23-24(19)15-10-6-3-7-11-15/h2-12,17H,1H3/b16-12+. The number of nitrogens with zero attached hydrogens (tertiary/aromatic N) is 5. The molecule has 1 aliphatic rings. The summed E-state index contributed by atoms with van der Waals surface area (Å²) in [5.41, 5.74) is 3.10. The zero-order chi connectivity index (χ0) is 17.9. The SMILES string of the molecule is CC1=NC(c2ccccc2)C(=O)/C1=C/Sc1nnnn1-c1ccccc1. The summed E-state index contributed by atoms with van der Waals surface area (Å²) >= 11 is 1.31. The van der Waals surface area contributed by atoms with Gasteiger partial charge in [0.15, 0.2) is 5.78 Å². The van der Waals surface area contributed by atoms with Crippen molar-refractivity contribution < 1.29 is 4.79 Å². The average molecular weight is 361 g/mol. The highest BCUT2D eigenvalue weighted by Gasteiger charge is 2.31. The third kappa shape index (κ3) is 3.09. The van der Waals surface area contributed by atoms with Crippen LogP contribution in [0.5, 0.6) is 0 Å². The molecule has 0 aliphatic carbocycles. The first-order valence-corrected chi connectivity index (χ1v) is 8.96. The Morgan fingerprint density at radius 1 is 1.04 bits per heavy atom. The summed E-state index contributed by atoms with van der Waals surface area (Å²) in [7, 11) is 0. The van der Waals surface area contributed by atoms with E-state index < -0.39 is 6.04 Å². The van der Waals surface area contributed by atoms with E-state index in [2.05, 4.69) is 20.5 Å². The largest absolute Gasteiger partial charge is 0.291 e. The van der Waals surface area contributed by atoms with Crippen molar-refractivity contribution in [3.8, 4) is 5.69 Å². The highest BCUT2D eigenvalue weighted by atomic mass is 32.2. The van der Waals surface area contributed by atoms with Crippen molar-refractivity contribution >= 4 is 23.3 Å². The fourth-order valence-electron chi connectivity index (χ4n) is 2.75. The Morgan fingerprint density at radius 3 is 2.46 bits per heavy atom. The highest BCUT2D eigenvalue weighted by Crippen LogP contribution is 2.31. The minimum absolute atomic E-state index is 0.0000596. The summed E-state index contributed by atoms with van der Waals surface area (Å²) in [5.74, 6) is -0.0000596. The number of hydrogen-bond acceptors (Lipinski definition) is 6. The molecule has 0 saturated carbocycles. The maximum absolute atomic E-state index is 12.8. The number of thioether (sulfide) groups is 1. The summed E-state index contributed by atoms with van der Waals surface area (Å²) in [5, 5.41) is 14.2. The van der Waals surface area contributed by atoms with Gasteiger partial charge in [0.2, 0.25) is 5.16 Å². The molecule has 128 valence electrons. The van der Waals surface area contributed by atoms with Gasteiger partial charge < -0.3 is 0 Å². The molecule has 0 amide bonds. The molecule has 0 N–H and O–H groups in total. The molecular weight excluding hydrogens is 346 g/mol. The lowest BCUT2D eigenvalue weighted by molar-refractivity contribution is -0.115. The lowest BCUT2D eigenvalue weighted by Crippen LogP contribution is -2.08. The predicted molar refractivity (Wildman–Crippen MR) is 100 cm³/mol. The zero-order valence-electron chi connectivity index (χ0n) is 14.0. The Kier molecular flexibility index (Phi) is 4.45. The Hall–Kier alpha value is -3.06. The lowest BCUT2D eigenvalue weighted by Gasteiger charge is -2.05. The number of rotatable bonds is 4. The van der Waals surface area contributed by atoms with E-state index in [1.807, 2.05) is 67.6 Å². The quantitative estimate of drug-likeness (QED) is 0.526. The number of hydrogen-bond donors (Lipinski definition) is 0. The molecule has 1 aliphatic heterocycles. The third-order valence-electron chi connectivity index (χ3n) is 4.07. The number of carbonyl (C=O) groups excluding carboxylic acids is 1. The number of aromatic nitrogens is 4. The van der Waals surface area contributed by atoms with Crippen molar-refractivity contribution in [1.82, 2.24) is 20.2 Å². The summed E-state index contributed by atoms with van der Waals surface area (Å²) in [4.78, 5) is 17.3. The van der Waals surface area contributed by atoms with Crippen molar-refractivity contribution in [2.45, 2.75) is 18.1 Å². The van der Waals surface area contributed by atoms with E-state index in [0.717, 1.165) is 17.0 Å². The molecule has 2 heterocycles. The van der Waals surface area contributed by atoms with Gasteiger partial charge in [-0.2, -0.15) is 4.68 Å². The molecule has 1 unspecified atom stereocenters. The van der Waals surface area contributed by atoms with Gasteiger partial charge in [-0.15, -0.1) is 5.10 Å². The van der Waals surface area contributed by atoms with E-state index in [1.165, 1.54) is 11.8 Å². The molecule has 0 bridgehead atoms. The maximum Gasteiger partial charge on any atom is 0.218 e. The highest BCUT2D eigenvalue weighted by molar-refractivity contribution is 8.02. The number of ketones is 1. The summed E-state index contributed by atoms with van der Waals surface area (Å²) < 4.78 is 1.64. The second-order valence-electron chi connectivity index (χ2n) is 5.75. The van der Waals surface area contributed by atoms with Crippen molar-refractivity contribution in [2.24, 2.45) is 4.99 Å². The van der Waals surface area contributed by atoms with Gasteiger partial charge in [0.05, 0.1) is 5.69 Å². The summed E-state index contributed by atoms with van der Waals surface area (Å²) in [6.07, 6.45) is 0. The van der Waals surface area contributed by atoms with Crippen LogP contribution in [0.25, 0.3) is 5.69 Å². The monoisotopic (exact) mass is 361 g/mol.